The van der Waals surface area contributed by atoms with Crippen molar-refractivity contribution in [2.75, 3.05) is 44.9 Å². The second-order valence-corrected chi connectivity index (χ2v) is 4.98. The summed E-state index contributed by atoms with van der Waals surface area (Å²) in [7, 11) is 1.63. The fraction of sp³-hybridized carbons (Fsp3) is 0.714. The van der Waals surface area contributed by atoms with Crippen molar-refractivity contribution in [1.29, 1.82) is 0 Å². The van der Waals surface area contributed by atoms with Gasteiger partial charge in [0.2, 0.25) is 11.8 Å². The van der Waals surface area contributed by atoms with E-state index in [-0.39, 0.29) is 6.04 Å². The van der Waals surface area contributed by atoms with Crippen LogP contribution in [0.4, 0.5) is 5.95 Å². The molecule has 1 aromatic rings. The molecule has 0 amide bonds. The number of hydrogen-bond donors (Lipinski definition) is 1. The molecule has 1 aliphatic heterocycles. The van der Waals surface area contributed by atoms with Crippen molar-refractivity contribution >= 4 is 5.95 Å². The lowest BCUT2D eigenvalue weighted by Crippen LogP contribution is -2.51. The van der Waals surface area contributed by atoms with Crippen LogP contribution in [0, 0.1) is 6.92 Å². The fourth-order valence-corrected chi connectivity index (χ4v) is 2.29. The number of anilines is 1. The van der Waals surface area contributed by atoms with Gasteiger partial charge in [-0.05, 0) is 19.9 Å². The molecule has 1 fully saturated rings. The standard InChI is InChI=1S/C14H24N4O2/c1-4-5-15-9-12-10-20-7-6-18(12)14-16-11(2)8-13(17-14)19-3/h8,12,15H,4-7,9-10H2,1-3H3. The Morgan fingerprint density at radius 3 is 3.10 bits per heavy atom. The maximum atomic E-state index is 5.58. The third-order valence-corrected chi connectivity index (χ3v) is 3.32. The van der Waals surface area contributed by atoms with Gasteiger partial charge in [0.05, 0.1) is 26.4 Å². The highest BCUT2D eigenvalue weighted by atomic mass is 16.5. The lowest BCUT2D eigenvalue weighted by Gasteiger charge is -2.36. The smallest absolute Gasteiger partial charge is 0.229 e. The van der Waals surface area contributed by atoms with Gasteiger partial charge < -0.3 is 19.7 Å². The van der Waals surface area contributed by atoms with Gasteiger partial charge in [-0.3, -0.25) is 0 Å². The summed E-state index contributed by atoms with van der Waals surface area (Å²) in [6, 6.07) is 2.11. The predicted molar refractivity (Wildman–Crippen MR) is 78.4 cm³/mol. The maximum absolute atomic E-state index is 5.58. The number of aromatic nitrogens is 2. The van der Waals surface area contributed by atoms with E-state index in [4.69, 9.17) is 9.47 Å². The van der Waals surface area contributed by atoms with Gasteiger partial charge in [-0.15, -0.1) is 0 Å². The number of rotatable bonds is 6. The van der Waals surface area contributed by atoms with E-state index in [9.17, 15) is 0 Å². The van der Waals surface area contributed by atoms with Crippen molar-refractivity contribution in [1.82, 2.24) is 15.3 Å². The molecule has 112 valence electrons. The van der Waals surface area contributed by atoms with Crippen LogP contribution in [0.25, 0.3) is 0 Å². The van der Waals surface area contributed by atoms with Gasteiger partial charge in [0.25, 0.3) is 0 Å². The molecule has 6 nitrogen and oxygen atoms in total. The molecule has 0 radical (unpaired) electrons. The molecule has 20 heavy (non-hydrogen) atoms. The van der Waals surface area contributed by atoms with Gasteiger partial charge in [-0.2, -0.15) is 4.98 Å². The van der Waals surface area contributed by atoms with Crippen LogP contribution in [0.3, 0.4) is 0 Å². The van der Waals surface area contributed by atoms with E-state index >= 15 is 0 Å². The molecule has 2 rings (SSSR count). The summed E-state index contributed by atoms with van der Waals surface area (Å²) in [5.74, 6) is 1.34. The van der Waals surface area contributed by atoms with Gasteiger partial charge >= 0.3 is 0 Å². The summed E-state index contributed by atoms with van der Waals surface area (Å²) in [4.78, 5) is 11.2. The molecule has 0 spiro atoms. The molecule has 0 saturated carbocycles. The average molecular weight is 280 g/mol. The summed E-state index contributed by atoms with van der Waals surface area (Å²) >= 11 is 0. The van der Waals surface area contributed by atoms with E-state index in [2.05, 4.69) is 27.1 Å². The minimum atomic E-state index is 0.266. The first-order chi connectivity index (χ1) is 9.74. The van der Waals surface area contributed by atoms with Crippen LogP contribution >= 0.6 is 0 Å². The number of morpholine rings is 1. The van der Waals surface area contributed by atoms with E-state index in [1.807, 2.05) is 13.0 Å². The number of nitrogens with one attached hydrogen (secondary N) is 1. The van der Waals surface area contributed by atoms with Crippen LogP contribution in [0.15, 0.2) is 6.07 Å². The molecular formula is C14H24N4O2. The molecule has 1 unspecified atom stereocenters. The Bertz CT molecular complexity index is 428. The predicted octanol–water partition coefficient (Wildman–Crippen LogP) is 0.998. The first-order valence-corrected chi connectivity index (χ1v) is 7.19. The summed E-state index contributed by atoms with van der Waals surface area (Å²) in [5.41, 5.74) is 0.915. The van der Waals surface area contributed by atoms with Crippen molar-refractivity contribution < 1.29 is 9.47 Å². The molecule has 0 aliphatic carbocycles. The zero-order valence-electron chi connectivity index (χ0n) is 12.6. The molecule has 1 aliphatic rings. The van der Waals surface area contributed by atoms with Gasteiger partial charge in [0.1, 0.15) is 0 Å². The molecule has 0 aromatic carbocycles. The highest BCUT2D eigenvalue weighted by Gasteiger charge is 2.25. The van der Waals surface area contributed by atoms with Crippen molar-refractivity contribution in [3.8, 4) is 5.88 Å². The first kappa shape index (κ1) is 15.0. The lowest BCUT2D eigenvalue weighted by molar-refractivity contribution is 0.0928. The minimum Gasteiger partial charge on any atom is -0.481 e. The van der Waals surface area contributed by atoms with Gasteiger partial charge in [0.15, 0.2) is 0 Å². The Morgan fingerprint density at radius 1 is 1.50 bits per heavy atom. The molecule has 1 atom stereocenters. The van der Waals surface area contributed by atoms with Crippen molar-refractivity contribution in [3.63, 3.8) is 0 Å². The largest absolute Gasteiger partial charge is 0.481 e. The topological polar surface area (TPSA) is 59.5 Å². The Labute approximate surface area is 120 Å². The van der Waals surface area contributed by atoms with Crippen LogP contribution in [-0.4, -0.2) is 56.0 Å². The van der Waals surface area contributed by atoms with Crippen LogP contribution in [0.1, 0.15) is 19.0 Å². The second-order valence-electron chi connectivity index (χ2n) is 4.98. The number of methoxy groups -OCH3 is 1. The second kappa shape index (κ2) is 7.40. The van der Waals surface area contributed by atoms with Gasteiger partial charge in [0, 0.05) is 24.8 Å². The van der Waals surface area contributed by atoms with Crippen LogP contribution in [0.5, 0.6) is 5.88 Å². The lowest BCUT2D eigenvalue weighted by atomic mass is 10.2. The quantitative estimate of drug-likeness (QED) is 0.785. The number of nitrogens with zero attached hydrogens (tertiary/aromatic N) is 3. The van der Waals surface area contributed by atoms with Gasteiger partial charge in [-0.25, -0.2) is 4.98 Å². The Morgan fingerprint density at radius 2 is 2.35 bits per heavy atom. The van der Waals surface area contributed by atoms with E-state index < -0.39 is 0 Å². The van der Waals surface area contributed by atoms with E-state index in [1.165, 1.54) is 0 Å². The molecule has 1 N–H and O–H groups in total. The highest BCUT2D eigenvalue weighted by molar-refractivity contribution is 5.36. The maximum Gasteiger partial charge on any atom is 0.229 e. The summed E-state index contributed by atoms with van der Waals surface area (Å²) in [6.45, 7) is 8.25. The third-order valence-electron chi connectivity index (χ3n) is 3.32. The van der Waals surface area contributed by atoms with Crippen molar-refractivity contribution in [3.05, 3.63) is 11.8 Å². The van der Waals surface area contributed by atoms with Crippen molar-refractivity contribution in [2.45, 2.75) is 26.3 Å². The zero-order chi connectivity index (χ0) is 14.4. The normalized spacial score (nSPS) is 19.1. The number of hydrogen-bond acceptors (Lipinski definition) is 6. The number of ether oxygens (including phenoxy) is 2. The van der Waals surface area contributed by atoms with E-state index in [1.54, 1.807) is 7.11 Å². The summed E-state index contributed by atoms with van der Waals surface area (Å²) in [6.07, 6.45) is 1.13. The molecule has 6 heteroatoms. The molecule has 1 saturated heterocycles. The minimum absolute atomic E-state index is 0.266. The first-order valence-electron chi connectivity index (χ1n) is 7.19. The van der Waals surface area contributed by atoms with Crippen LogP contribution in [-0.2, 0) is 4.74 Å². The molecule has 1 aromatic heterocycles. The molecular weight excluding hydrogens is 256 g/mol. The summed E-state index contributed by atoms with van der Waals surface area (Å²) in [5, 5.41) is 3.44. The Hall–Kier alpha value is -1.40. The number of aryl methyl sites for hydroxylation is 1. The van der Waals surface area contributed by atoms with Crippen molar-refractivity contribution in [2.24, 2.45) is 0 Å². The van der Waals surface area contributed by atoms with E-state index in [0.717, 1.165) is 37.7 Å². The molecule has 0 bridgehead atoms. The molecule has 2 heterocycles. The third kappa shape index (κ3) is 3.80. The Balaban J connectivity index is 2.12. The fourth-order valence-electron chi connectivity index (χ4n) is 2.29. The van der Waals surface area contributed by atoms with E-state index in [0.29, 0.717) is 19.1 Å². The van der Waals surface area contributed by atoms with Crippen LogP contribution in [0.2, 0.25) is 0 Å². The highest BCUT2D eigenvalue weighted by Crippen LogP contribution is 2.19. The summed E-state index contributed by atoms with van der Waals surface area (Å²) < 4.78 is 10.8. The SMILES string of the molecule is CCCNCC1COCCN1c1nc(C)cc(OC)n1. The van der Waals surface area contributed by atoms with Crippen LogP contribution < -0.4 is 15.0 Å². The zero-order valence-corrected chi connectivity index (χ0v) is 12.6. The average Bonchev–Trinajstić information content (AvgIpc) is 2.47. The monoisotopic (exact) mass is 280 g/mol. The van der Waals surface area contributed by atoms with Gasteiger partial charge in [-0.1, -0.05) is 6.92 Å². The Kier molecular flexibility index (Phi) is 5.55.